The molecule has 2 amide bonds. The molecule has 1 aliphatic rings. The molecule has 0 radical (unpaired) electrons. The minimum atomic E-state index is -0.312. The molecule has 1 atom stereocenters. The molecule has 0 fully saturated rings. The van der Waals surface area contributed by atoms with Crippen LogP contribution >= 0.6 is 0 Å². The Morgan fingerprint density at radius 3 is 2.55 bits per heavy atom. The lowest BCUT2D eigenvalue weighted by atomic mass is 10.0. The molecule has 0 saturated heterocycles. The summed E-state index contributed by atoms with van der Waals surface area (Å²) in [6.45, 7) is 1.07. The minimum absolute atomic E-state index is 0.225. The molecule has 6 nitrogen and oxygen atoms in total. The molecule has 33 heavy (non-hydrogen) atoms. The van der Waals surface area contributed by atoms with Crippen LogP contribution in [0.5, 0.6) is 5.75 Å². The molecule has 1 N–H and O–H groups in total. The van der Waals surface area contributed by atoms with Crippen molar-refractivity contribution in [1.29, 1.82) is 0 Å². The molecule has 4 rings (SSSR count). The van der Waals surface area contributed by atoms with E-state index in [1.54, 1.807) is 24.1 Å². The molecule has 0 bridgehead atoms. The third kappa shape index (κ3) is 5.88. The Balaban J connectivity index is 1.44. The van der Waals surface area contributed by atoms with Crippen LogP contribution in [0.3, 0.4) is 0 Å². The first-order chi connectivity index (χ1) is 16.1. The van der Waals surface area contributed by atoms with Gasteiger partial charge in [-0.15, -0.1) is 0 Å². The number of amides is 2. The maximum Gasteiger partial charge on any atom is 0.318 e. The number of oxime groups is 1. The molecule has 0 aromatic heterocycles. The Morgan fingerprint density at radius 2 is 1.79 bits per heavy atom. The van der Waals surface area contributed by atoms with Crippen molar-refractivity contribution in [2.24, 2.45) is 5.16 Å². The Labute approximate surface area is 192 Å². The van der Waals surface area contributed by atoms with E-state index >= 15 is 0 Å². The van der Waals surface area contributed by atoms with Crippen LogP contribution in [0.25, 0.3) is 0 Å². The van der Waals surface area contributed by atoms with Gasteiger partial charge in [0.1, 0.15) is 11.6 Å². The summed E-state index contributed by atoms with van der Waals surface area (Å²) in [6.07, 6.45) is 0.250. The number of para-hydroxylation sites is 1. The fourth-order valence-corrected chi connectivity index (χ4v) is 3.73. The van der Waals surface area contributed by atoms with Gasteiger partial charge in [0.25, 0.3) is 0 Å². The number of nitrogens with one attached hydrogen (secondary N) is 1. The van der Waals surface area contributed by atoms with E-state index in [1.165, 1.54) is 12.1 Å². The molecule has 1 aliphatic heterocycles. The van der Waals surface area contributed by atoms with Gasteiger partial charge >= 0.3 is 6.03 Å². The van der Waals surface area contributed by atoms with Crippen LogP contribution in [0.2, 0.25) is 0 Å². The summed E-state index contributed by atoms with van der Waals surface area (Å²) in [7, 11) is 1.62. The summed E-state index contributed by atoms with van der Waals surface area (Å²) >= 11 is 0. The van der Waals surface area contributed by atoms with Crippen LogP contribution in [-0.2, 0) is 17.9 Å². The second-order valence-corrected chi connectivity index (χ2v) is 7.82. The van der Waals surface area contributed by atoms with Crippen molar-refractivity contribution >= 4 is 11.7 Å². The lowest BCUT2D eigenvalue weighted by Gasteiger charge is -2.25. The number of benzene rings is 3. The van der Waals surface area contributed by atoms with E-state index in [4.69, 9.17) is 9.57 Å². The first-order valence-electron chi connectivity index (χ1n) is 10.8. The SMILES string of the molecule is COc1ccccc1C1=NOC(CN(Cc2ccc(F)cc2)C(=O)NCc2ccccc2)C1. The van der Waals surface area contributed by atoms with Crippen molar-refractivity contribution in [3.63, 3.8) is 0 Å². The summed E-state index contributed by atoms with van der Waals surface area (Å²) in [4.78, 5) is 20.4. The Kier molecular flexibility index (Phi) is 7.19. The normalized spacial score (nSPS) is 14.8. The Bertz CT molecular complexity index is 1100. The molecule has 0 spiro atoms. The third-order valence-corrected chi connectivity index (χ3v) is 5.44. The number of halogens is 1. The van der Waals surface area contributed by atoms with E-state index in [0.29, 0.717) is 26.1 Å². The predicted octanol–water partition coefficient (Wildman–Crippen LogP) is 4.74. The van der Waals surface area contributed by atoms with Crippen molar-refractivity contribution in [1.82, 2.24) is 10.2 Å². The van der Waals surface area contributed by atoms with Gasteiger partial charge in [0.15, 0.2) is 6.10 Å². The van der Waals surface area contributed by atoms with Gasteiger partial charge < -0.3 is 19.8 Å². The van der Waals surface area contributed by atoms with Gasteiger partial charge in [-0.05, 0) is 35.4 Å². The minimum Gasteiger partial charge on any atom is -0.496 e. The van der Waals surface area contributed by atoms with Crippen LogP contribution in [-0.4, -0.2) is 36.4 Å². The maximum absolute atomic E-state index is 13.3. The standard InChI is InChI=1S/C26H26FN3O3/c1-32-25-10-6-5-9-23(25)24-15-22(33-29-24)18-30(17-20-11-13-21(27)14-12-20)26(31)28-16-19-7-3-2-4-8-19/h2-14,22H,15-18H2,1H3,(H,28,31). The van der Waals surface area contributed by atoms with Gasteiger partial charge in [-0.2, -0.15) is 0 Å². The van der Waals surface area contributed by atoms with Crippen LogP contribution in [0.1, 0.15) is 23.1 Å². The first kappa shape index (κ1) is 22.3. The summed E-state index contributed by atoms with van der Waals surface area (Å²) in [6, 6.07) is 23.3. The average molecular weight is 448 g/mol. The molecule has 1 unspecified atom stereocenters. The molecule has 170 valence electrons. The lowest BCUT2D eigenvalue weighted by Crippen LogP contribution is -2.43. The van der Waals surface area contributed by atoms with Crippen molar-refractivity contribution in [2.75, 3.05) is 13.7 Å². The van der Waals surface area contributed by atoms with E-state index in [2.05, 4.69) is 10.5 Å². The highest BCUT2D eigenvalue weighted by Gasteiger charge is 2.28. The second-order valence-electron chi connectivity index (χ2n) is 7.82. The highest BCUT2D eigenvalue weighted by atomic mass is 19.1. The molecule has 0 saturated carbocycles. The molecule has 1 heterocycles. The molecule has 0 aliphatic carbocycles. The molecular weight excluding hydrogens is 421 g/mol. The van der Waals surface area contributed by atoms with Crippen LogP contribution < -0.4 is 10.1 Å². The fourth-order valence-electron chi connectivity index (χ4n) is 3.73. The van der Waals surface area contributed by atoms with Gasteiger partial charge in [0, 0.05) is 25.1 Å². The van der Waals surface area contributed by atoms with Gasteiger partial charge in [0.2, 0.25) is 0 Å². The number of methoxy groups -OCH3 is 1. The highest BCUT2D eigenvalue weighted by molar-refractivity contribution is 6.03. The first-order valence-corrected chi connectivity index (χ1v) is 10.8. The van der Waals surface area contributed by atoms with Crippen LogP contribution in [0.4, 0.5) is 9.18 Å². The van der Waals surface area contributed by atoms with Gasteiger partial charge in [0.05, 0.1) is 19.4 Å². The van der Waals surface area contributed by atoms with Crippen molar-refractivity contribution in [3.8, 4) is 5.75 Å². The smallest absolute Gasteiger partial charge is 0.318 e. The number of rotatable bonds is 8. The number of hydrogen-bond donors (Lipinski definition) is 1. The number of hydrogen-bond acceptors (Lipinski definition) is 4. The Hall–Kier alpha value is -3.87. The summed E-state index contributed by atoms with van der Waals surface area (Å²) < 4.78 is 18.8. The summed E-state index contributed by atoms with van der Waals surface area (Å²) in [5.74, 6) is 0.414. The van der Waals surface area contributed by atoms with Crippen LogP contribution in [0, 0.1) is 5.82 Å². The van der Waals surface area contributed by atoms with Crippen molar-refractivity contribution in [2.45, 2.75) is 25.6 Å². The van der Waals surface area contributed by atoms with Gasteiger partial charge in [-0.25, -0.2) is 9.18 Å². The quantitative estimate of drug-likeness (QED) is 0.543. The largest absolute Gasteiger partial charge is 0.496 e. The molecular formula is C26H26FN3O3. The number of ether oxygens (including phenoxy) is 1. The average Bonchev–Trinajstić information content (AvgIpc) is 3.32. The number of carbonyl (C=O) groups is 1. The predicted molar refractivity (Wildman–Crippen MR) is 125 cm³/mol. The van der Waals surface area contributed by atoms with Crippen molar-refractivity contribution in [3.05, 3.63) is 101 Å². The monoisotopic (exact) mass is 447 g/mol. The zero-order valence-corrected chi connectivity index (χ0v) is 18.4. The lowest BCUT2D eigenvalue weighted by molar-refractivity contribution is 0.0589. The number of carbonyl (C=O) groups excluding carboxylic acids is 1. The number of urea groups is 1. The van der Waals surface area contributed by atoms with Crippen molar-refractivity contribution < 1.29 is 18.8 Å². The maximum atomic E-state index is 13.3. The van der Waals surface area contributed by atoms with E-state index in [1.807, 2.05) is 54.6 Å². The molecule has 3 aromatic carbocycles. The van der Waals surface area contributed by atoms with E-state index in [9.17, 15) is 9.18 Å². The summed E-state index contributed by atoms with van der Waals surface area (Å²) in [5, 5.41) is 7.22. The Morgan fingerprint density at radius 1 is 1.06 bits per heavy atom. The summed E-state index contributed by atoms with van der Waals surface area (Å²) in [5.41, 5.74) is 3.49. The molecule has 3 aromatic rings. The number of nitrogens with zero attached hydrogens (tertiary/aromatic N) is 2. The fraction of sp³-hybridized carbons (Fsp3) is 0.231. The molecule has 7 heteroatoms. The second kappa shape index (κ2) is 10.6. The van der Waals surface area contributed by atoms with E-state index < -0.39 is 0 Å². The van der Waals surface area contributed by atoms with Crippen LogP contribution in [0.15, 0.2) is 84.0 Å². The van der Waals surface area contributed by atoms with E-state index in [-0.39, 0.29) is 18.0 Å². The van der Waals surface area contributed by atoms with E-state index in [0.717, 1.165) is 28.2 Å². The van der Waals surface area contributed by atoms with Gasteiger partial charge in [-0.1, -0.05) is 59.8 Å². The zero-order chi connectivity index (χ0) is 23.0. The highest BCUT2D eigenvalue weighted by Crippen LogP contribution is 2.25. The third-order valence-electron chi connectivity index (χ3n) is 5.44. The van der Waals surface area contributed by atoms with Gasteiger partial charge in [-0.3, -0.25) is 0 Å². The zero-order valence-electron chi connectivity index (χ0n) is 18.4. The topological polar surface area (TPSA) is 63.2 Å².